The van der Waals surface area contributed by atoms with Gasteiger partial charge in [0.25, 0.3) is 11.5 Å². The molecule has 1 atom stereocenters. The molecule has 5 aromatic rings. The zero-order valence-electron chi connectivity index (χ0n) is 24.6. The highest BCUT2D eigenvalue weighted by Gasteiger charge is 2.36. The van der Waals surface area contributed by atoms with Crippen molar-refractivity contribution in [3.05, 3.63) is 97.8 Å². The first kappa shape index (κ1) is 29.5. The number of fused-ring (bicyclic) bond motifs is 3. The van der Waals surface area contributed by atoms with Crippen LogP contribution in [0.5, 0.6) is 0 Å². The fourth-order valence-corrected chi connectivity index (χ4v) is 6.86. The number of nitrogens with zero attached hydrogens (tertiary/aromatic N) is 7. The van der Waals surface area contributed by atoms with E-state index in [2.05, 4.69) is 26.1 Å². The molecule has 9 nitrogen and oxygen atoms in total. The van der Waals surface area contributed by atoms with E-state index in [9.17, 15) is 22.8 Å². The van der Waals surface area contributed by atoms with Gasteiger partial charge in [-0.15, -0.1) is 10.2 Å². The number of carbonyl (C=O) groups excluding carboxylic acids is 1. The Hall–Kier alpha value is -4.26. The normalized spacial score (nSPS) is 17.0. The first-order chi connectivity index (χ1) is 21.5. The lowest BCUT2D eigenvalue weighted by atomic mass is 9.81. The molecule has 7 rings (SSSR count). The third kappa shape index (κ3) is 5.06. The molecule has 2 aromatic carbocycles. The Labute approximate surface area is 264 Å². The fraction of sp³-hybridized carbons (Fsp3) is 0.344. The predicted octanol–water partition coefficient (Wildman–Crippen LogP) is 5.99. The summed E-state index contributed by atoms with van der Waals surface area (Å²) >= 11 is 2.95. The number of aromatic nitrogens is 6. The summed E-state index contributed by atoms with van der Waals surface area (Å²) in [5.41, 5.74) is 3.03. The van der Waals surface area contributed by atoms with Crippen molar-refractivity contribution in [3.63, 3.8) is 0 Å². The van der Waals surface area contributed by atoms with Crippen LogP contribution in [-0.4, -0.2) is 45.8 Å². The van der Waals surface area contributed by atoms with Crippen molar-refractivity contribution >= 4 is 27.5 Å². The number of halogens is 4. The maximum atomic E-state index is 14.4. The smallest absolute Gasteiger partial charge is 0.330 e. The standard InChI is InChI=1S/C32H29BrF3N7O2/c1-18-12-24-27(16-41(18)30(44)21-8-11-26(33)25(14-21)32(34,35)36)43-29(22(15-38-43)13-19-4-3-5-19)42(31(24)45)23-9-6-20(7-10-23)28-39-37-17-40(28)2/h6-11,14-15,17-19H,3-5,12-13,16H2,1-2H3. The van der Waals surface area contributed by atoms with Crippen LogP contribution in [0.3, 0.4) is 0 Å². The van der Waals surface area contributed by atoms with Gasteiger partial charge in [0, 0.05) is 39.8 Å². The Kier molecular flexibility index (Phi) is 7.18. The van der Waals surface area contributed by atoms with Gasteiger partial charge in [-0.3, -0.25) is 14.2 Å². The summed E-state index contributed by atoms with van der Waals surface area (Å²) in [7, 11) is 1.86. The van der Waals surface area contributed by atoms with Gasteiger partial charge in [0.2, 0.25) is 0 Å². The molecule has 0 spiro atoms. The van der Waals surface area contributed by atoms with E-state index < -0.39 is 23.7 Å². The second kappa shape index (κ2) is 11.0. The number of hydrogen-bond donors (Lipinski definition) is 0. The van der Waals surface area contributed by atoms with Crippen molar-refractivity contribution in [1.29, 1.82) is 0 Å². The minimum atomic E-state index is -4.62. The average Bonchev–Trinajstić information content (AvgIpc) is 3.61. The molecule has 1 amide bonds. The zero-order valence-corrected chi connectivity index (χ0v) is 26.1. The van der Waals surface area contributed by atoms with Gasteiger partial charge in [0.1, 0.15) is 12.0 Å². The highest BCUT2D eigenvalue weighted by Crippen LogP contribution is 2.37. The molecule has 2 aliphatic rings. The van der Waals surface area contributed by atoms with Crippen molar-refractivity contribution in [2.24, 2.45) is 13.0 Å². The molecule has 0 bridgehead atoms. The van der Waals surface area contributed by atoms with Crippen LogP contribution in [0.25, 0.3) is 22.7 Å². The molecule has 1 aliphatic heterocycles. The fourth-order valence-electron chi connectivity index (χ4n) is 6.39. The maximum absolute atomic E-state index is 14.4. The number of benzene rings is 2. The molecule has 13 heteroatoms. The third-order valence-electron chi connectivity index (χ3n) is 9.05. The van der Waals surface area contributed by atoms with E-state index in [0.29, 0.717) is 34.3 Å². The molecule has 1 fully saturated rings. The van der Waals surface area contributed by atoms with E-state index >= 15 is 0 Å². The van der Waals surface area contributed by atoms with Crippen LogP contribution in [-0.2, 0) is 32.6 Å². The number of carbonyl (C=O) groups is 1. The summed E-state index contributed by atoms with van der Waals surface area (Å²) in [6, 6.07) is 10.6. The van der Waals surface area contributed by atoms with Crippen molar-refractivity contribution in [1.82, 2.24) is 33.8 Å². The largest absolute Gasteiger partial charge is 0.417 e. The van der Waals surface area contributed by atoms with Crippen LogP contribution in [0.1, 0.15) is 58.9 Å². The van der Waals surface area contributed by atoms with Gasteiger partial charge in [-0.2, -0.15) is 18.3 Å². The highest BCUT2D eigenvalue weighted by atomic mass is 79.9. The van der Waals surface area contributed by atoms with E-state index in [-0.39, 0.29) is 28.6 Å². The van der Waals surface area contributed by atoms with Crippen LogP contribution < -0.4 is 5.56 Å². The Balaban J connectivity index is 1.33. The molecule has 4 heterocycles. The molecular formula is C32H29BrF3N7O2. The molecule has 1 unspecified atom stereocenters. The van der Waals surface area contributed by atoms with Gasteiger partial charge in [-0.05, 0) is 68.1 Å². The monoisotopic (exact) mass is 679 g/mol. The minimum Gasteiger partial charge on any atom is -0.330 e. The molecule has 0 saturated heterocycles. The van der Waals surface area contributed by atoms with Crippen LogP contribution in [0.15, 0.2) is 64.3 Å². The molecule has 3 aromatic heterocycles. The zero-order chi connectivity index (χ0) is 31.6. The first-order valence-electron chi connectivity index (χ1n) is 14.8. The molecule has 1 saturated carbocycles. The predicted molar refractivity (Wildman–Crippen MR) is 164 cm³/mol. The molecule has 0 N–H and O–H groups in total. The summed E-state index contributed by atoms with van der Waals surface area (Å²) in [4.78, 5) is 29.6. The molecule has 232 valence electrons. The number of alkyl halides is 3. The molecule has 1 aliphatic carbocycles. The van der Waals surface area contributed by atoms with Crippen LogP contribution >= 0.6 is 15.9 Å². The number of rotatable bonds is 5. The highest BCUT2D eigenvalue weighted by molar-refractivity contribution is 9.10. The summed E-state index contributed by atoms with van der Waals surface area (Å²) in [5.74, 6) is 0.671. The topological polar surface area (TPSA) is 90.3 Å². The summed E-state index contributed by atoms with van der Waals surface area (Å²) in [6.45, 7) is 1.84. The van der Waals surface area contributed by atoms with Crippen molar-refractivity contribution in [2.75, 3.05) is 0 Å². The van der Waals surface area contributed by atoms with E-state index in [0.717, 1.165) is 36.5 Å². The van der Waals surface area contributed by atoms with E-state index in [1.54, 1.807) is 28.5 Å². The Morgan fingerprint density at radius 2 is 1.87 bits per heavy atom. The Bertz CT molecular complexity index is 2010. The lowest BCUT2D eigenvalue weighted by molar-refractivity contribution is -0.138. The van der Waals surface area contributed by atoms with E-state index in [4.69, 9.17) is 5.10 Å². The summed E-state index contributed by atoms with van der Waals surface area (Å²) in [5, 5.41) is 12.9. The SMILES string of the molecule is CC1Cc2c(n3ncc(CC4CCC4)c3n(-c3ccc(-c4nncn4C)cc3)c2=O)CN1C(=O)c1ccc(Br)c(C(F)(F)F)c1. The van der Waals surface area contributed by atoms with Crippen LogP contribution in [0, 0.1) is 5.92 Å². The van der Waals surface area contributed by atoms with Crippen molar-refractivity contribution in [2.45, 2.75) is 57.8 Å². The number of amides is 1. The average molecular weight is 681 g/mol. The van der Waals surface area contributed by atoms with E-state index in [1.165, 1.54) is 23.5 Å². The van der Waals surface area contributed by atoms with Gasteiger partial charge >= 0.3 is 6.18 Å². The maximum Gasteiger partial charge on any atom is 0.417 e. The molecule has 0 radical (unpaired) electrons. The summed E-state index contributed by atoms with van der Waals surface area (Å²) in [6.07, 6.45) is 3.22. The van der Waals surface area contributed by atoms with Gasteiger partial charge < -0.3 is 9.47 Å². The summed E-state index contributed by atoms with van der Waals surface area (Å²) < 4.78 is 46.0. The third-order valence-corrected chi connectivity index (χ3v) is 9.75. The van der Waals surface area contributed by atoms with Gasteiger partial charge in [-0.25, -0.2) is 4.52 Å². The van der Waals surface area contributed by atoms with Crippen LogP contribution in [0.2, 0.25) is 0 Å². The second-order valence-electron chi connectivity index (χ2n) is 12.0. The lowest BCUT2D eigenvalue weighted by Gasteiger charge is -2.35. The van der Waals surface area contributed by atoms with Crippen molar-refractivity contribution < 1.29 is 18.0 Å². The molecular weight excluding hydrogens is 651 g/mol. The van der Waals surface area contributed by atoms with Gasteiger partial charge in [0.05, 0.1) is 29.7 Å². The number of aryl methyl sites for hydroxylation is 1. The van der Waals surface area contributed by atoms with Crippen molar-refractivity contribution in [3.8, 4) is 17.1 Å². The van der Waals surface area contributed by atoms with E-state index in [1.807, 2.05) is 35.9 Å². The Morgan fingerprint density at radius 3 is 2.51 bits per heavy atom. The first-order valence-corrected chi connectivity index (χ1v) is 15.6. The van der Waals surface area contributed by atoms with Gasteiger partial charge in [0.15, 0.2) is 5.82 Å². The molecule has 45 heavy (non-hydrogen) atoms. The minimum absolute atomic E-state index is 0.0367. The second-order valence-corrected chi connectivity index (χ2v) is 12.8. The quantitative estimate of drug-likeness (QED) is 0.228. The number of hydrogen-bond acceptors (Lipinski definition) is 5. The lowest BCUT2D eigenvalue weighted by Crippen LogP contribution is -2.46. The van der Waals surface area contributed by atoms with Gasteiger partial charge in [-0.1, -0.05) is 35.2 Å². The van der Waals surface area contributed by atoms with Crippen LogP contribution in [0.4, 0.5) is 13.2 Å². The Morgan fingerprint density at radius 1 is 1.11 bits per heavy atom.